The first kappa shape index (κ1) is 28.5. The molecule has 2 aliphatic carbocycles. The van der Waals surface area contributed by atoms with Crippen molar-refractivity contribution >= 4 is 34.0 Å². The van der Waals surface area contributed by atoms with Gasteiger partial charge in [-0.1, -0.05) is 5.16 Å². The van der Waals surface area contributed by atoms with Gasteiger partial charge < -0.3 is 25.8 Å². The summed E-state index contributed by atoms with van der Waals surface area (Å²) in [6, 6.07) is 6.31. The number of piperazine rings is 1. The minimum absolute atomic E-state index is 0.0932. The average molecular weight is 613 g/mol. The van der Waals surface area contributed by atoms with Crippen molar-refractivity contribution in [3.05, 3.63) is 51.4 Å². The van der Waals surface area contributed by atoms with Gasteiger partial charge in [-0.2, -0.15) is 15.3 Å². The third-order valence-electron chi connectivity index (χ3n) is 9.20. The lowest BCUT2D eigenvalue weighted by atomic mass is 9.63. The zero-order chi connectivity index (χ0) is 30.4. The predicted molar refractivity (Wildman–Crippen MR) is 168 cm³/mol. The molecule has 1 spiro atoms. The van der Waals surface area contributed by atoms with E-state index >= 15 is 0 Å². The maximum Gasteiger partial charge on any atom is 0.248 e. The molecule has 4 N–H and O–H groups in total. The number of nitrogens with one attached hydrogen (secondary N) is 2. The van der Waals surface area contributed by atoms with Crippen LogP contribution >= 0.6 is 11.3 Å². The molecule has 0 saturated carbocycles. The number of nitrogens with zero attached hydrogens (tertiary/aromatic N) is 7. The zero-order valence-corrected chi connectivity index (χ0v) is 25.8. The molecule has 5 heterocycles. The van der Waals surface area contributed by atoms with Gasteiger partial charge in [0.1, 0.15) is 28.3 Å². The zero-order valence-electron chi connectivity index (χ0n) is 25.0. The lowest BCUT2D eigenvalue weighted by Crippen LogP contribution is -2.50. The highest BCUT2D eigenvalue weighted by atomic mass is 32.1. The molecule has 12 nitrogen and oxygen atoms in total. The Morgan fingerprint density at radius 3 is 2.93 bits per heavy atom. The number of aromatic nitrogens is 5. The van der Waals surface area contributed by atoms with Crippen LogP contribution in [0.2, 0.25) is 0 Å². The van der Waals surface area contributed by atoms with E-state index in [0.29, 0.717) is 40.3 Å². The van der Waals surface area contributed by atoms with Crippen LogP contribution in [0.25, 0.3) is 11.4 Å². The first-order valence-electron chi connectivity index (χ1n) is 15.3. The minimum Gasteiger partial charge on any atom is -0.389 e. The van der Waals surface area contributed by atoms with Gasteiger partial charge in [0.25, 0.3) is 0 Å². The molecule has 1 aliphatic heterocycles. The van der Waals surface area contributed by atoms with Crippen molar-refractivity contribution in [3.63, 3.8) is 0 Å². The molecule has 4 aromatic heterocycles. The predicted octanol–water partition coefficient (Wildman–Crippen LogP) is 4.05. The highest BCUT2D eigenvalue weighted by Crippen LogP contribution is 2.55. The van der Waals surface area contributed by atoms with Crippen LogP contribution in [0.4, 0.5) is 16.8 Å². The number of carbonyl (C=O) groups excluding carboxylic acids is 1. The summed E-state index contributed by atoms with van der Waals surface area (Å²) in [5, 5.41) is 26.3. The molecule has 0 aromatic carbocycles. The first-order valence-corrected chi connectivity index (χ1v) is 16.2. The number of aryl methyl sites for hydroxylation is 2. The summed E-state index contributed by atoms with van der Waals surface area (Å²) in [5.74, 6) is 2.00. The average Bonchev–Trinajstić information content (AvgIpc) is 3.74. The molecule has 1 fully saturated rings. The summed E-state index contributed by atoms with van der Waals surface area (Å²) >= 11 is 1.54. The van der Waals surface area contributed by atoms with Gasteiger partial charge in [0.05, 0.1) is 16.7 Å². The molecule has 13 heteroatoms. The van der Waals surface area contributed by atoms with E-state index in [9.17, 15) is 10.1 Å². The Hall–Kier alpha value is -4.28. The van der Waals surface area contributed by atoms with E-state index in [4.69, 9.17) is 20.2 Å². The van der Waals surface area contributed by atoms with Crippen LogP contribution in [0, 0.1) is 18.3 Å². The largest absolute Gasteiger partial charge is 0.389 e. The van der Waals surface area contributed by atoms with E-state index in [0.717, 1.165) is 80.7 Å². The second-order valence-corrected chi connectivity index (χ2v) is 13.2. The summed E-state index contributed by atoms with van der Waals surface area (Å²) in [4.78, 5) is 26.0. The van der Waals surface area contributed by atoms with Crippen molar-refractivity contribution in [1.82, 2.24) is 30.2 Å². The van der Waals surface area contributed by atoms with Crippen molar-refractivity contribution in [2.75, 3.05) is 42.1 Å². The number of thiophene rings is 1. The number of nitrogen functional groups attached to an aromatic ring is 1. The van der Waals surface area contributed by atoms with E-state index in [2.05, 4.69) is 38.8 Å². The van der Waals surface area contributed by atoms with Crippen LogP contribution in [-0.2, 0) is 18.3 Å². The molecule has 0 unspecified atom stereocenters. The fourth-order valence-corrected chi connectivity index (χ4v) is 8.28. The summed E-state index contributed by atoms with van der Waals surface area (Å²) in [7, 11) is 0. The maximum atomic E-state index is 12.7. The van der Waals surface area contributed by atoms with E-state index in [-0.39, 0.29) is 18.4 Å². The van der Waals surface area contributed by atoms with Crippen LogP contribution in [0.3, 0.4) is 0 Å². The number of nitrogens with two attached hydrogens (primary N) is 1. The first-order chi connectivity index (χ1) is 21.4. The number of carbonyl (C=O) groups is 1. The van der Waals surface area contributed by atoms with Gasteiger partial charge in [-0.25, -0.2) is 9.67 Å². The van der Waals surface area contributed by atoms with Gasteiger partial charge >= 0.3 is 0 Å². The third-order valence-corrected chi connectivity index (χ3v) is 10.3. The SMILES string of the molecule is Cc1ccn(C(=O)CCNc2cc(-c3noc4c3CCC[C@@]43CCCc4sc(N)c(C#N)c43)nc(N3CCNC[C@@H]3C)n2)n1. The molecule has 0 amide bonds. The lowest BCUT2D eigenvalue weighted by Gasteiger charge is -2.39. The highest BCUT2D eigenvalue weighted by molar-refractivity contribution is 7.16. The Labute approximate surface area is 259 Å². The van der Waals surface area contributed by atoms with Crippen LogP contribution in [0.5, 0.6) is 0 Å². The normalized spacial score (nSPS) is 21.1. The Morgan fingerprint density at radius 2 is 2.16 bits per heavy atom. The summed E-state index contributed by atoms with van der Waals surface area (Å²) < 4.78 is 7.63. The molecule has 3 aliphatic rings. The van der Waals surface area contributed by atoms with Crippen molar-refractivity contribution in [2.45, 2.75) is 70.3 Å². The van der Waals surface area contributed by atoms with E-state index in [1.165, 1.54) is 9.56 Å². The van der Waals surface area contributed by atoms with Gasteiger partial charge in [0.2, 0.25) is 11.9 Å². The van der Waals surface area contributed by atoms with Crippen LogP contribution in [-0.4, -0.2) is 63.0 Å². The van der Waals surface area contributed by atoms with Crippen LogP contribution in [0.15, 0.2) is 22.9 Å². The van der Waals surface area contributed by atoms with Gasteiger partial charge in [0, 0.05) is 61.3 Å². The molecule has 2 atom stereocenters. The lowest BCUT2D eigenvalue weighted by molar-refractivity contribution is 0.0891. The topological polar surface area (TPSA) is 164 Å². The fourth-order valence-electron chi connectivity index (χ4n) is 7.12. The van der Waals surface area contributed by atoms with E-state index in [1.807, 2.05) is 19.1 Å². The second-order valence-electron chi connectivity index (χ2n) is 12.0. The van der Waals surface area contributed by atoms with E-state index in [1.54, 1.807) is 17.5 Å². The fraction of sp³-hybridized carbons (Fsp3) is 0.484. The molecule has 4 aromatic rings. The van der Waals surface area contributed by atoms with Crippen molar-refractivity contribution < 1.29 is 9.32 Å². The summed E-state index contributed by atoms with van der Waals surface area (Å²) in [6.45, 7) is 6.86. The number of anilines is 3. The molecule has 44 heavy (non-hydrogen) atoms. The van der Waals surface area contributed by atoms with Crippen molar-refractivity contribution in [1.29, 1.82) is 5.26 Å². The molecule has 228 valence electrons. The number of fused-ring (bicyclic) bond motifs is 4. The van der Waals surface area contributed by atoms with Crippen LogP contribution < -0.4 is 21.3 Å². The van der Waals surface area contributed by atoms with Gasteiger partial charge in [-0.05, 0) is 64.0 Å². The molecular formula is C31H36N10O2S. The molecule has 1 saturated heterocycles. The summed E-state index contributed by atoms with van der Waals surface area (Å²) in [5.41, 5.74) is 10.8. The number of hydrogen-bond donors (Lipinski definition) is 3. The third kappa shape index (κ3) is 4.82. The number of hydrogen-bond acceptors (Lipinski definition) is 12. The van der Waals surface area contributed by atoms with Crippen molar-refractivity contribution in [2.24, 2.45) is 0 Å². The standard InChI is InChI=1S/C31H36N10O2S/c1-18-8-13-41(38-18)25(42)7-11-35-24-15-22(36-30(37-24)40-14-12-34-17-19(40)2)27-20-5-3-9-31(28(20)43-39-27)10-4-6-23-26(31)21(16-32)29(33)44-23/h8,13,15,19,34H,3-7,9-12,14,17,33H2,1-2H3,(H,35,36,37)/t19-,31-/m0/s1. The Morgan fingerprint density at radius 1 is 1.32 bits per heavy atom. The Balaban J connectivity index is 1.25. The number of nitriles is 1. The molecule has 7 rings (SSSR count). The highest BCUT2D eigenvalue weighted by Gasteiger charge is 2.48. The Bertz CT molecular complexity index is 1760. The van der Waals surface area contributed by atoms with Gasteiger partial charge in [-0.3, -0.25) is 4.79 Å². The smallest absolute Gasteiger partial charge is 0.248 e. The minimum atomic E-state index is -0.402. The number of rotatable bonds is 6. The van der Waals surface area contributed by atoms with Crippen molar-refractivity contribution in [3.8, 4) is 17.5 Å². The quantitative estimate of drug-likeness (QED) is 0.288. The molecular weight excluding hydrogens is 576 g/mol. The maximum absolute atomic E-state index is 12.7. The second kappa shape index (κ2) is 11.3. The van der Waals surface area contributed by atoms with Gasteiger partial charge in [0.15, 0.2) is 5.76 Å². The monoisotopic (exact) mass is 612 g/mol. The molecule has 0 radical (unpaired) electrons. The summed E-state index contributed by atoms with van der Waals surface area (Å²) in [6.07, 6.45) is 7.45. The van der Waals surface area contributed by atoms with Crippen LogP contribution in [0.1, 0.15) is 76.8 Å². The Kier molecular flexibility index (Phi) is 7.34. The molecule has 0 bridgehead atoms. The van der Waals surface area contributed by atoms with E-state index < -0.39 is 5.41 Å². The van der Waals surface area contributed by atoms with Gasteiger partial charge in [-0.15, -0.1) is 11.3 Å².